The van der Waals surface area contributed by atoms with Gasteiger partial charge in [0, 0.05) is 20.3 Å². The number of ether oxygens (including phenoxy) is 5. The lowest BCUT2D eigenvalue weighted by atomic mass is 9.88. The number of carboxylic acid groups (broad SMARTS) is 1. The summed E-state index contributed by atoms with van der Waals surface area (Å²) in [7, 11) is 0. The van der Waals surface area contributed by atoms with Crippen molar-refractivity contribution in [3.05, 3.63) is 0 Å². The molecule has 2 unspecified atom stereocenters. The van der Waals surface area contributed by atoms with Gasteiger partial charge in [0.2, 0.25) is 11.8 Å². The van der Waals surface area contributed by atoms with Crippen LogP contribution in [-0.2, 0) is 38.1 Å². The SMILES string of the molecule is CC(=O)NC1[C@H]([C@H](O)[C@@H](O)CO)O[C@@](O[C@H]2[C@@H](O)[C@@H](CO)O[C@@H](O[C@H]3[C@H](O)[C@@H](NC(C)=O)C(O)O[C@@H]3CO)[C@@H]2O)(C(=O)O)C[C@@H]1O. The minimum atomic E-state index is -3.04. The number of aliphatic carboxylic acids is 1. The van der Waals surface area contributed by atoms with Crippen molar-refractivity contribution >= 4 is 17.8 Å². The van der Waals surface area contributed by atoms with E-state index in [0.717, 1.165) is 13.8 Å². The van der Waals surface area contributed by atoms with Gasteiger partial charge in [0.15, 0.2) is 12.6 Å². The number of carbonyl (C=O) groups excluding carboxylic acids is 2. The van der Waals surface area contributed by atoms with Crippen LogP contribution >= 0.6 is 0 Å². The molecular weight excluding hydrogens is 632 g/mol. The van der Waals surface area contributed by atoms with Crippen LogP contribution in [0.25, 0.3) is 0 Å². The lowest BCUT2D eigenvalue weighted by Gasteiger charge is -2.50. The molecule has 13 N–H and O–H groups in total. The summed E-state index contributed by atoms with van der Waals surface area (Å²) in [6.45, 7) is -0.789. The van der Waals surface area contributed by atoms with Crippen molar-refractivity contribution in [2.75, 3.05) is 19.8 Å². The quantitative estimate of drug-likeness (QED) is 0.0913. The predicted molar refractivity (Wildman–Crippen MR) is 142 cm³/mol. The van der Waals surface area contributed by atoms with Gasteiger partial charge in [0.05, 0.1) is 32.0 Å². The molecule has 46 heavy (non-hydrogen) atoms. The molecule has 0 aromatic heterocycles. The zero-order valence-corrected chi connectivity index (χ0v) is 24.7. The molecule has 3 aliphatic heterocycles. The lowest BCUT2D eigenvalue weighted by molar-refractivity contribution is -0.382. The number of rotatable bonds is 12. The number of carboxylic acids is 1. The van der Waals surface area contributed by atoms with Crippen LogP contribution in [0.3, 0.4) is 0 Å². The monoisotopic (exact) mass is 674 g/mol. The van der Waals surface area contributed by atoms with Gasteiger partial charge in [-0.25, -0.2) is 4.79 Å². The number of hydrogen-bond acceptors (Lipinski definition) is 18. The molecule has 0 bridgehead atoms. The Morgan fingerprint density at radius 2 is 1.43 bits per heavy atom. The molecule has 3 aliphatic rings. The molecule has 3 heterocycles. The maximum Gasteiger partial charge on any atom is 0.364 e. The molecular formula is C25H42N2O19. The molecule has 2 amide bonds. The Hall–Kier alpha value is -2.19. The van der Waals surface area contributed by atoms with E-state index < -0.39 is 142 Å². The summed E-state index contributed by atoms with van der Waals surface area (Å²) in [6, 6.07) is -3.05. The van der Waals surface area contributed by atoms with Crippen LogP contribution < -0.4 is 10.6 Å². The van der Waals surface area contributed by atoms with Gasteiger partial charge >= 0.3 is 5.97 Å². The molecule has 21 nitrogen and oxygen atoms in total. The first kappa shape index (κ1) is 38.3. The van der Waals surface area contributed by atoms with Crippen molar-refractivity contribution < 1.29 is 94.2 Å². The summed E-state index contributed by atoms with van der Waals surface area (Å²) < 4.78 is 27.4. The van der Waals surface area contributed by atoms with Crippen molar-refractivity contribution in [1.29, 1.82) is 0 Å². The van der Waals surface area contributed by atoms with Crippen molar-refractivity contribution in [2.45, 2.75) is 118 Å². The van der Waals surface area contributed by atoms with E-state index in [9.17, 15) is 70.6 Å². The topological polar surface area (TPSA) is 344 Å². The van der Waals surface area contributed by atoms with E-state index in [1.807, 2.05) is 0 Å². The van der Waals surface area contributed by atoms with Gasteiger partial charge in [0.1, 0.15) is 67.1 Å². The van der Waals surface area contributed by atoms with E-state index in [2.05, 4.69) is 10.6 Å². The molecule has 0 aromatic carbocycles. The first-order chi connectivity index (χ1) is 21.5. The Bertz CT molecular complexity index is 1050. The van der Waals surface area contributed by atoms with E-state index in [1.54, 1.807) is 0 Å². The van der Waals surface area contributed by atoms with Gasteiger partial charge in [-0.2, -0.15) is 0 Å². The van der Waals surface area contributed by atoms with Crippen LogP contribution in [0.5, 0.6) is 0 Å². The van der Waals surface area contributed by atoms with E-state index in [-0.39, 0.29) is 0 Å². The van der Waals surface area contributed by atoms with Gasteiger partial charge in [-0.3, -0.25) is 9.59 Å². The normalized spacial score (nSPS) is 42.9. The fraction of sp³-hybridized carbons (Fsp3) is 0.880. The van der Waals surface area contributed by atoms with Crippen LogP contribution in [0.4, 0.5) is 0 Å². The molecule has 16 atom stereocenters. The predicted octanol–water partition coefficient (Wildman–Crippen LogP) is -8.08. The molecule has 21 heteroatoms. The van der Waals surface area contributed by atoms with Crippen LogP contribution in [0.2, 0.25) is 0 Å². The van der Waals surface area contributed by atoms with Gasteiger partial charge in [-0.05, 0) is 0 Å². The average Bonchev–Trinajstić information content (AvgIpc) is 2.99. The average molecular weight is 675 g/mol. The fourth-order valence-corrected chi connectivity index (χ4v) is 5.57. The van der Waals surface area contributed by atoms with Gasteiger partial charge in [-0.1, -0.05) is 0 Å². The second-order valence-electron chi connectivity index (χ2n) is 11.2. The van der Waals surface area contributed by atoms with Crippen LogP contribution in [-0.4, -0.2) is 191 Å². The third-order valence-electron chi connectivity index (χ3n) is 7.87. The lowest BCUT2D eigenvalue weighted by Crippen LogP contribution is -2.71. The third kappa shape index (κ3) is 8.08. The first-order valence-corrected chi connectivity index (χ1v) is 14.2. The van der Waals surface area contributed by atoms with Gasteiger partial charge in [-0.15, -0.1) is 0 Å². The van der Waals surface area contributed by atoms with Crippen molar-refractivity contribution in [1.82, 2.24) is 10.6 Å². The molecule has 3 fully saturated rings. The maximum absolute atomic E-state index is 12.6. The first-order valence-electron chi connectivity index (χ1n) is 14.2. The molecule has 0 saturated carbocycles. The Labute approximate surface area is 260 Å². The van der Waals surface area contributed by atoms with Crippen LogP contribution in [0.1, 0.15) is 20.3 Å². The maximum atomic E-state index is 12.6. The highest BCUT2D eigenvalue weighted by atomic mass is 16.8. The standard InChI is InChI=1S/C25H42N2O19/c1-7(31)26-13-9(33)3-25(24(40)41,45-20(13)15(35)10(34)4-28)46-21-16(36)11(5-29)43-23(18(21)38)44-19-12(6-30)42-22(39)14(17(19)37)27-8(2)32/h9-23,28-30,33-39H,3-6H2,1-2H3,(H,26,31)(H,27,32)(H,40,41)/t9-,10-,11+,12+,13?,14+,15+,16-,17+,18+,19+,20+,21-,22?,23-,25-/m0/s1. The Balaban J connectivity index is 1.95. The van der Waals surface area contributed by atoms with E-state index >= 15 is 0 Å². The van der Waals surface area contributed by atoms with Gasteiger partial charge < -0.3 is 90.5 Å². The number of aliphatic hydroxyl groups excluding tert-OH is 10. The van der Waals surface area contributed by atoms with E-state index in [0.29, 0.717) is 0 Å². The second-order valence-corrected chi connectivity index (χ2v) is 11.2. The minimum Gasteiger partial charge on any atom is -0.477 e. The van der Waals surface area contributed by atoms with Crippen LogP contribution in [0.15, 0.2) is 0 Å². The molecule has 0 radical (unpaired) electrons. The summed E-state index contributed by atoms with van der Waals surface area (Å²) in [4.78, 5) is 36.0. The number of carbonyl (C=O) groups is 3. The minimum absolute atomic E-state index is 0.692. The molecule has 0 spiro atoms. The molecule has 266 valence electrons. The highest BCUT2D eigenvalue weighted by Crippen LogP contribution is 2.38. The largest absolute Gasteiger partial charge is 0.477 e. The second kappa shape index (κ2) is 15.8. The zero-order chi connectivity index (χ0) is 34.7. The number of hydrogen-bond donors (Lipinski definition) is 13. The van der Waals surface area contributed by atoms with Crippen molar-refractivity contribution in [3.8, 4) is 0 Å². The highest BCUT2D eigenvalue weighted by molar-refractivity contribution is 5.76. The summed E-state index contributed by atoms with van der Waals surface area (Å²) >= 11 is 0. The Morgan fingerprint density at radius 1 is 0.848 bits per heavy atom. The summed E-state index contributed by atoms with van der Waals surface area (Å²) in [5, 5.41) is 118. The van der Waals surface area contributed by atoms with Crippen molar-refractivity contribution in [2.24, 2.45) is 0 Å². The summed E-state index contributed by atoms with van der Waals surface area (Å²) in [6.07, 6.45) is -25.7. The molecule has 3 saturated heterocycles. The van der Waals surface area contributed by atoms with E-state index in [4.69, 9.17) is 23.7 Å². The van der Waals surface area contributed by atoms with E-state index in [1.165, 1.54) is 0 Å². The van der Waals surface area contributed by atoms with Gasteiger partial charge in [0.25, 0.3) is 5.79 Å². The molecule has 0 aliphatic carbocycles. The fourth-order valence-electron chi connectivity index (χ4n) is 5.57. The number of aliphatic hydroxyl groups is 10. The molecule has 3 rings (SSSR count). The zero-order valence-electron chi connectivity index (χ0n) is 24.7. The Kier molecular flexibility index (Phi) is 13.1. The Morgan fingerprint density at radius 3 is 1.96 bits per heavy atom. The number of nitrogens with one attached hydrogen (secondary N) is 2. The van der Waals surface area contributed by atoms with Crippen molar-refractivity contribution in [3.63, 3.8) is 0 Å². The highest BCUT2D eigenvalue weighted by Gasteiger charge is 2.60. The number of amides is 2. The third-order valence-corrected chi connectivity index (χ3v) is 7.87. The van der Waals surface area contributed by atoms with Crippen LogP contribution in [0, 0.1) is 0 Å². The molecule has 0 aromatic rings. The smallest absolute Gasteiger partial charge is 0.364 e. The summed E-state index contributed by atoms with van der Waals surface area (Å²) in [5.74, 6) is -6.46. The summed E-state index contributed by atoms with van der Waals surface area (Å²) in [5.41, 5.74) is 0.